The molecule has 0 heterocycles. The van der Waals surface area contributed by atoms with Gasteiger partial charge in [0.25, 0.3) is 5.69 Å². The predicted octanol–water partition coefficient (Wildman–Crippen LogP) is 3.12. The first kappa shape index (κ1) is 22.0. The first-order valence-corrected chi connectivity index (χ1v) is 9.28. The molecule has 1 atom stereocenters. The molecule has 0 saturated heterocycles. The highest BCUT2D eigenvalue weighted by atomic mass is 35.5. The van der Waals surface area contributed by atoms with Crippen LogP contribution in [0.4, 0.5) is 5.69 Å². The second kappa shape index (κ2) is 9.09. The average Bonchev–Trinajstić information content (AvgIpc) is 2.60. The van der Waals surface area contributed by atoms with E-state index >= 15 is 0 Å². The molecule has 0 amide bonds. The topological polar surface area (TPSA) is 115 Å². The monoisotopic (exact) mass is 399 g/mol. The van der Waals surface area contributed by atoms with Gasteiger partial charge in [-0.25, -0.2) is 13.1 Å². The number of nitrogens with zero attached hydrogens (tertiary/aromatic N) is 1. The molecule has 0 spiro atoms. The third kappa shape index (κ3) is 5.50. The molecule has 9 heteroatoms. The van der Waals surface area contributed by atoms with Gasteiger partial charge in [-0.05, 0) is 23.1 Å². The number of nitro benzene ring substituents is 1. The van der Waals surface area contributed by atoms with Crippen molar-refractivity contribution < 1.29 is 13.3 Å². The number of non-ortho nitro benzene ring substituents is 1. The minimum absolute atomic E-state index is 0. The largest absolute Gasteiger partial charge is 0.323 e. The average molecular weight is 400 g/mol. The zero-order chi connectivity index (χ0) is 18.6. The van der Waals surface area contributed by atoms with Crippen molar-refractivity contribution in [1.29, 1.82) is 0 Å². The third-order valence-electron chi connectivity index (χ3n) is 3.86. The van der Waals surface area contributed by atoms with Crippen LogP contribution in [0.1, 0.15) is 36.9 Å². The van der Waals surface area contributed by atoms with E-state index in [1.807, 2.05) is 24.3 Å². The summed E-state index contributed by atoms with van der Waals surface area (Å²) in [5.74, 6) is 0.401. The van der Waals surface area contributed by atoms with Gasteiger partial charge in [0.1, 0.15) is 0 Å². The molecular weight excluding hydrogens is 378 g/mol. The molecule has 0 radical (unpaired) electrons. The lowest BCUT2D eigenvalue weighted by Gasteiger charge is -2.15. The van der Waals surface area contributed by atoms with Crippen LogP contribution < -0.4 is 10.5 Å². The second-order valence-corrected chi connectivity index (χ2v) is 7.80. The number of nitrogens with one attached hydrogen (secondary N) is 1. The molecule has 0 fully saturated rings. The van der Waals surface area contributed by atoms with Gasteiger partial charge in [0, 0.05) is 24.7 Å². The first-order chi connectivity index (χ1) is 11.7. The molecular formula is C17H22ClN3O4S. The predicted molar refractivity (Wildman–Crippen MR) is 103 cm³/mol. The molecule has 2 aromatic rings. The number of nitrogens with two attached hydrogens (primary N) is 1. The van der Waals surface area contributed by atoms with E-state index in [1.165, 1.54) is 23.8 Å². The summed E-state index contributed by atoms with van der Waals surface area (Å²) in [5, 5.41) is 10.8. The van der Waals surface area contributed by atoms with Crippen molar-refractivity contribution in [1.82, 2.24) is 4.72 Å². The van der Waals surface area contributed by atoms with Gasteiger partial charge in [-0.3, -0.25) is 10.1 Å². The quantitative estimate of drug-likeness (QED) is 0.548. The van der Waals surface area contributed by atoms with Crippen LogP contribution in [-0.4, -0.2) is 19.9 Å². The van der Waals surface area contributed by atoms with Gasteiger partial charge in [0.05, 0.1) is 9.82 Å². The van der Waals surface area contributed by atoms with Gasteiger partial charge in [-0.1, -0.05) is 44.2 Å². The fourth-order valence-corrected chi connectivity index (χ4v) is 3.39. The Morgan fingerprint density at radius 1 is 1.12 bits per heavy atom. The summed E-state index contributed by atoms with van der Waals surface area (Å²) < 4.78 is 27.0. The van der Waals surface area contributed by atoms with Crippen LogP contribution in [0.2, 0.25) is 0 Å². The third-order valence-corrected chi connectivity index (χ3v) is 5.28. The summed E-state index contributed by atoms with van der Waals surface area (Å²) in [5.41, 5.74) is 7.75. The molecule has 0 saturated carbocycles. The van der Waals surface area contributed by atoms with Crippen molar-refractivity contribution >= 4 is 28.1 Å². The summed E-state index contributed by atoms with van der Waals surface area (Å²) >= 11 is 0. The normalized spacial score (nSPS) is 12.5. The van der Waals surface area contributed by atoms with Crippen LogP contribution in [-0.2, 0) is 10.0 Å². The fraction of sp³-hybridized carbons (Fsp3) is 0.294. The number of rotatable bonds is 7. The van der Waals surface area contributed by atoms with E-state index in [0.29, 0.717) is 5.92 Å². The lowest BCUT2D eigenvalue weighted by molar-refractivity contribution is -0.385. The molecule has 3 N–H and O–H groups in total. The van der Waals surface area contributed by atoms with E-state index in [2.05, 4.69) is 18.6 Å². The Hall–Kier alpha value is -2.00. The minimum Gasteiger partial charge on any atom is -0.323 e. The zero-order valence-corrected chi connectivity index (χ0v) is 16.1. The Kier molecular flexibility index (Phi) is 7.70. The highest BCUT2D eigenvalue weighted by molar-refractivity contribution is 7.89. The second-order valence-electron chi connectivity index (χ2n) is 6.03. The molecule has 0 bridgehead atoms. The molecule has 0 aliphatic heterocycles. The van der Waals surface area contributed by atoms with E-state index in [0.717, 1.165) is 11.6 Å². The Morgan fingerprint density at radius 2 is 1.69 bits per heavy atom. The number of hydrogen-bond acceptors (Lipinski definition) is 5. The van der Waals surface area contributed by atoms with Crippen LogP contribution >= 0.6 is 12.4 Å². The molecule has 1 unspecified atom stereocenters. The minimum atomic E-state index is -3.88. The van der Waals surface area contributed by atoms with Crippen molar-refractivity contribution in [2.45, 2.75) is 30.7 Å². The van der Waals surface area contributed by atoms with Crippen LogP contribution in [0.3, 0.4) is 0 Å². The first-order valence-electron chi connectivity index (χ1n) is 7.80. The summed E-state index contributed by atoms with van der Waals surface area (Å²) in [6.07, 6.45) is 0. The molecule has 0 aromatic heterocycles. The summed E-state index contributed by atoms with van der Waals surface area (Å²) in [6.45, 7) is 4.16. The number of sulfonamides is 1. The van der Waals surface area contributed by atoms with E-state index in [-0.39, 0.29) is 29.5 Å². The molecule has 26 heavy (non-hydrogen) atoms. The van der Waals surface area contributed by atoms with Crippen molar-refractivity contribution in [2.75, 3.05) is 6.54 Å². The lowest BCUT2D eigenvalue weighted by Crippen LogP contribution is -2.32. The number of hydrogen-bond donors (Lipinski definition) is 2. The van der Waals surface area contributed by atoms with E-state index in [9.17, 15) is 18.5 Å². The fourth-order valence-electron chi connectivity index (χ4n) is 2.29. The van der Waals surface area contributed by atoms with Crippen LogP contribution in [0.15, 0.2) is 53.4 Å². The van der Waals surface area contributed by atoms with Crippen molar-refractivity contribution in [3.8, 4) is 0 Å². The summed E-state index contributed by atoms with van der Waals surface area (Å²) in [6, 6.07) is 12.1. The van der Waals surface area contributed by atoms with Crippen LogP contribution in [0, 0.1) is 10.1 Å². The van der Waals surface area contributed by atoms with Gasteiger partial charge >= 0.3 is 0 Å². The molecule has 0 aliphatic carbocycles. The van der Waals surface area contributed by atoms with Crippen LogP contribution in [0.5, 0.6) is 0 Å². The lowest BCUT2D eigenvalue weighted by atomic mass is 9.99. The summed E-state index contributed by atoms with van der Waals surface area (Å²) in [7, 11) is -3.88. The standard InChI is InChI=1S/C17H21N3O4S.ClH/c1-12(2)13-6-8-14(9-7-13)17(18)11-19-25(23,24)16-5-3-4-15(10-16)20(21)22;/h3-10,12,17,19H,11,18H2,1-2H3;1H. The van der Waals surface area contributed by atoms with Crippen molar-refractivity contribution in [3.05, 3.63) is 69.8 Å². The highest BCUT2D eigenvalue weighted by Crippen LogP contribution is 2.19. The van der Waals surface area contributed by atoms with E-state index in [4.69, 9.17) is 5.73 Å². The van der Waals surface area contributed by atoms with Gasteiger partial charge in [-0.2, -0.15) is 0 Å². The number of nitro groups is 1. The summed E-state index contributed by atoms with van der Waals surface area (Å²) in [4.78, 5) is 9.98. The molecule has 142 valence electrons. The Labute approximate surface area is 159 Å². The molecule has 2 aromatic carbocycles. The van der Waals surface area contributed by atoms with Crippen molar-refractivity contribution in [2.24, 2.45) is 5.73 Å². The van der Waals surface area contributed by atoms with Gasteiger partial charge in [0.2, 0.25) is 10.0 Å². The van der Waals surface area contributed by atoms with Gasteiger partial charge in [-0.15, -0.1) is 12.4 Å². The van der Waals surface area contributed by atoms with Crippen molar-refractivity contribution in [3.63, 3.8) is 0 Å². The Balaban J connectivity index is 0.00000338. The van der Waals surface area contributed by atoms with E-state index < -0.39 is 21.0 Å². The Morgan fingerprint density at radius 3 is 2.23 bits per heavy atom. The Bertz CT molecular complexity index is 855. The van der Waals surface area contributed by atoms with Crippen LogP contribution in [0.25, 0.3) is 0 Å². The maximum atomic E-state index is 12.3. The number of benzene rings is 2. The van der Waals surface area contributed by atoms with Gasteiger partial charge in [0.15, 0.2) is 0 Å². The van der Waals surface area contributed by atoms with Gasteiger partial charge < -0.3 is 5.73 Å². The smallest absolute Gasteiger partial charge is 0.270 e. The number of halogens is 1. The maximum Gasteiger partial charge on any atom is 0.270 e. The molecule has 0 aliphatic rings. The SMILES string of the molecule is CC(C)c1ccc(C(N)CNS(=O)(=O)c2cccc([N+](=O)[O-])c2)cc1.Cl. The van der Waals surface area contributed by atoms with E-state index in [1.54, 1.807) is 0 Å². The maximum absolute atomic E-state index is 12.3. The molecule has 2 rings (SSSR count). The highest BCUT2D eigenvalue weighted by Gasteiger charge is 2.19. The zero-order valence-electron chi connectivity index (χ0n) is 14.5. The molecule has 7 nitrogen and oxygen atoms in total.